The van der Waals surface area contributed by atoms with Crippen LogP contribution in [0.15, 0.2) is 0 Å². The number of carbonyl (C=O) groups excluding carboxylic acids is 2. The monoisotopic (exact) mass is 226 g/mol. The molecule has 1 saturated heterocycles. The Hall–Kier alpha value is -0.940. The van der Waals surface area contributed by atoms with E-state index in [2.05, 4.69) is 10.6 Å². The van der Waals surface area contributed by atoms with Crippen LogP contribution in [0, 0.1) is 5.92 Å². The lowest BCUT2D eigenvalue weighted by Crippen LogP contribution is -2.42. The van der Waals surface area contributed by atoms with Gasteiger partial charge in [-0.25, -0.2) is 0 Å². The molecular formula is C11H18N2O3. The molecule has 5 nitrogen and oxygen atoms in total. The van der Waals surface area contributed by atoms with E-state index < -0.39 is 6.04 Å². The zero-order valence-corrected chi connectivity index (χ0v) is 9.24. The highest BCUT2D eigenvalue weighted by molar-refractivity contribution is 6.05. The van der Waals surface area contributed by atoms with Gasteiger partial charge in [0.2, 0.25) is 11.8 Å². The fourth-order valence-electron chi connectivity index (χ4n) is 2.44. The average Bonchev–Trinajstić information content (AvgIpc) is 2.56. The highest BCUT2D eigenvalue weighted by Gasteiger charge is 2.31. The minimum atomic E-state index is -0.401. The van der Waals surface area contributed by atoms with E-state index in [1.165, 1.54) is 0 Å². The van der Waals surface area contributed by atoms with Gasteiger partial charge in [-0.1, -0.05) is 12.8 Å². The van der Waals surface area contributed by atoms with Gasteiger partial charge in [-0.05, 0) is 18.8 Å². The molecule has 1 aliphatic carbocycles. The maximum Gasteiger partial charge on any atom is 0.244 e. The van der Waals surface area contributed by atoms with Gasteiger partial charge < -0.3 is 10.4 Å². The van der Waals surface area contributed by atoms with Crippen molar-refractivity contribution in [3.63, 3.8) is 0 Å². The zero-order chi connectivity index (χ0) is 11.5. The second-order valence-electron chi connectivity index (χ2n) is 4.69. The molecule has 3 unspecified atom stereocenters. The molecule has 0 bridgehead atoms. The number of hydrogen-bond acceptors (Lipinski definition) is 4. The molecule has 2 amide bonds. The lowest BCUT2D eigenvalue weighted by Gasteiger charge is -2.28. The first-order chi connectivity index (χ1) is 7.66. The molecule has 2 rings (SSSR count). The zero-order valence-electron chi connectivity index (χ0n) is 9.24. The van der Waals surface area contributed by atoms with Crippen molar-refractivity contribution < 1.29 is 14.7 Å². The van der Waals surface area contributed by atoms with E-state index >= 15 is 0 Å². The fourth-order valence-corrected chi connectivity index (χ4v) is 2.44. The van der Waals surface area contributed by atoms with Crippen LogP contribution in [0.25, 0.3) is 0 Å². The van der Waals surface area contributed by atoms with Gasteiger partial charge >= 0.3 is 0 Å². The number of nitrogens with one attached hydrogen (secondary N) is 2. The van der Waals surface area contributed by atoms with Crippen molar-refractivity contribution in [1.29, 1.82) is 0 Å². The Labute approximate surface area is 94.6 Å². The van der Waals surface area contributed by atoms with E-state index in [-0.39, 0.29) is 30.3 Å². The quantitative estimate of drug-likeness (QED) is 0.569. The van der Waals surface area contributed by atoms with E-state index in [1.807, 2.05) is 0 Å². The topological polar surface area (TPSA) is 78.4 Å². The van der Waals surface area contributed by atoms with Gasteiger partial charge in [0.25, 0.3) is 0 Å². The predicted octanol–water partition coefficient (Wildman–Crippen LogP) is -0.458. The molecule has 5 heteroatoms. The summed E-state index contributed by atoms with van der Waals surface area (Å²) >= 11 is 0. The van der Waals surface area contributed by atoms with E-state index in [0.29, 0.717) is 6.54 Å². The number of aliphatic hydroxyl groups is 1. The molecular weight excluding hydrogens is 208 g/mol. The first-order valence-corrected chi connectivity index (χ1v) is 5.92. The summed E-state index contributed by atoms with van der Waals surface area (Å²) in [5, 5.41) is 15.1. The summed E-state index contributed by atoms with van der Waals surface area (Å²) in [6, 6.07) is -0.401. The lowest BCUT2D eigenvalue weighted by molar-refractivity contribution is -0.125. The number of hydrogen-bond donors (Lipinski definition) is 3. The summed E-state index contributed by atoms with van der Waals surface area (Å²) in [5.41, 5.74) is 0. The normalized spacial score (nSPS) is 35.2. The van der Waals surface area contributed by atoms with Crippen LogP contribution in [0.5, 0.6) is 0 Å². The van der Waals surface area contributed by atoms with Gasteiger partial charge in [0, 0.05) is 6.54 Å². The Balaban J connectivity index is 1.78. The van der Waals surface area contributed by atoms with E-state index in [4.69, 9.17) is 0 Å². The smallest absolute Gasteiger partial charge is 0.244 e. The molecule has 0 radical (unpaired) electrons. The minimum absolute atomic E-state index is 0.216. The Morgan fingerprint density at radius 3 is 2.69 bits per heavy atom. The van der Waals surface area contributed by atoms with Crippen LogP contribution in [-0.4, -0.2) is 35.6 Å². The molecule has 16 heavy (non-hydrogen) atoms. The third kappa shape index (κ3) is 2.59. The third-order valence-corrected chi connectivity index (χ3v) is 3.46. The Morgan fingerprint density at radius 2 is 2.06 bits per heavy atom. The van der Waals surface area contributed by atoms with E-state index in [0.717, 1.165) is 25.7 Å². The van der Waals surface area contributed by atoms with Crippen molar-refractivity contribution >= 4 is 11.8 Å². The molecule has 90 valence electrons. The van der Waals surface area contributed by atoms with Crippen LogP contribution in [0.2, 0.25) is 0 Å². The third-order valence-electron chi connectivity index (χ3n) is 3.46. The number of amides is 2. The molecule has 1 aliphatic heterocycles. The van der Waals surface area contributed by atoms with Gasteiger partial charge in [0.15, 0.2) is 0 Å². The molecule has 0 aromatic rings. The van der Waals surface area contributed by atoms with Gasteiger partial charge in [-0.15, -0.1) is 0 Å². The van der Waals surface area contributed by atoms with Crippen molar-refractivity contribution in [1.82, 2.24) is 10.6 Å². The average molecular weight is 226 g/mol. The van der Waals surface area contributed by atoms with Crippen molar-refractivity contribution in [3.05, 3.63) is 0 Å². The standard InChI is InChI=1S/C11H18N2O3/c14-9-4-2-1-3-7(9)6-12-8-5-10(15)13-11(8)16/h7-9,12,14H,1-6H2,(H,13,15,16). The van der Waals surface area contributed by atoms with Crippen LogP contribution in [-0.2, 0) is 9.59 Å². The molecule has 3 N–H and O–H groups in total. The van der Waals surface area contributed by atoms with Crippen molar-refractivity contribution in [2.75, 3.05) is 6.54 Å². The van der Waals surface area contributed by atoms with Crippen LogP contribution >= 0.6 is 0 Å². The van der Waals surface area contributed by atoms with Crippen molar-refractivity contribution in [2.24, 2.45) is 5.92 Å². The summed E-state index contributed by atoms with van der Waals surface area (Å²) in [5.74, 6) is -0.237. The molecule has 0 spiro atoms. The first-order valence-electron chi connectivity index (χ1n) is 5.92. The number of carbonyl (C=O) groups is 2. The molecule has 1 saturated carbocycles. The highest BCUT2D eigenvalue weighted by atomic mass is 16.3. The predicted molar refractivity (Wildman–Crippen MR) is 57.5 cm³/mol. The van der Waals surface area contributed by atoms with Gasteiger partial charge in [-0.3, -0.25) is 14.9 Å². The van der Waals surface area contributed by atoms with Crippen LogP contribution < -0.4 is 10.6 Å². The molecule has 1 heterocycles. The first kappa shape index (κ1) is 11.5. The van der Waals surface area contributed by atoms with Gasteiger partial charge in [0.05, 0.1) is 18.6 Å². The maximum atomic E-state index is 11.3. The van der Waals surface area contributed by atoms with E-state index in [9.17, 15) is 14.7 Å². The summed E-state index contributed by atoms with van der Waals surface area (Å²) in [6.45, 7) is 0.618. The summed E-state index contributed by atoms with van der Waals surface area (Å²) in [4.78, 5) is 22.2. The van der Waals surface area contributed by atoms with Gasteiger partial charge in [-0.2, -0.15) is 0 Å². The fraction of sp³-hybridized carbons (Fsp3) is 0.818. The van der Waals surface area contributed by atoms with Crippen molar-refractivity contribution in [2.45, 2.75) is 44.2 Å². The largest absolute Gasteiger partial charge is 0.393 e. The van der Waals surface area contributed by atoms with E-state index in [1.54, 1.807) is 0 Å². The molecule has 3 atom stereocenters. The number of imide groups is 1. The summed E-state index contributed by atoms with van der Waals surface area (Å²) < 4.78 is 0. The van der Waals surface area contributed by atoms with Gasteiger partial charge in [0.1, 0.15) is 0 Å². The number of aliphatic hydroxyl groups excluding tert-OH is 1. The molecule has 2 fully saturated rings. The SMILES string of the molecule is O=C1CC(NCC2CCCCC2O)C(=O)N1. The maximum absolute atomic E-state index is 11.3. The van der Waals surface area contributed by atoms with Crippen molar-refractivity contribution in [3.8, 4) is 0 Å². The second-order valence-corrected chi connectivity index (χ2v) is 4.69. The Kier molecular flexibility index (Phi) is 3.56. The summed E-state index contributed by atoms with van der Waals surface area (Å²) in [7, 11) is 0. The molecule has 0 aromatic heterocycles. The second kappa shape index (κ2) is 4.93. The highest BCUT2D eigenvalue weighted by Crippen LogP contribution is 2.23. The Morgan fingerprint density at radius 1 is 1.31 bits per heavy atom. The lowest BCUT2D eigenvalue weighted by atomic mass is 9.86. The Bertz CT molecular complexity index is 293. The minimum Gasteiger partial charge on any atom is -0.393 e. The van der Waals surface area contributed by atoms with Crippen LogP contribution in [0.3, 0.4) is 0 Å². The van der Waals surface area contributed by atoms with Crippen LogP contribution in [0.4, 0.5) is 0 Å². The molecule has 0 aromatic carbocycles. The molecule has 2 aliphatic rings. The summed E-state index contributed by atoms with van der Waals surface area (Å²) in [6.07, 6.45) is 4.03. The van der Waals surface area contributed by atoms with Crippen LogP contribution in [0.1, 0.15) is 32.1 Å². The number of rotatable bonds is 3.